The second kappa shape index (κ2) is 6.21. The molecule has 0 spiro atoms. The van der Waals surface area contributed by atoms with Crippen molar-refractivity contribution in [1.82, 2.24) is 5.32 Å². The van der Waals surface area contributed by atoms with Gasteiger partial charge < -0.3 is 16.8 Å². The molecule has 5 nitrogen and oxygen atoms in total. The zero-order chi connectivity index (χ0) is 9.40. The summed E-state index contributed by atoms with van der Waals surface area (Å²) in [5.74, 6) is -0.469. The highest BCUT2D eigenvalue weighted by Gasteiger charge is 1.86. The van der Waals surface area contributed by atoms with Crippen LogP contribution in [0.2, 0.25) is 0 Å². The van der Waals surface area contributed by atoms with Gasteiger partial charge in [0.25, 0.3) is 0 Å². The van der Waals surface area contributed by atoms with Crippen LogP contribution >= 0.6 is 0 Å². The Morgan fingerprint density at radius 1 is 1.50 bits per heavy atom. The molecule has 1 amide bonds. The molecule has 0 rings (SSSR count). The third-order valence-electron chi connectivity index (χ3n) is 1.15. The minimum absolute atomic E-state index is 0.0334. The molecular weight excluding hydrogens is 156 g/mol. The first-order valence-electron chi connectivity index (χ1n) is 3.67. The van der Waals surface area contributed by atoms with Crippen molar-refractivity contribution in [2.75, 3.05) is 6.54 Å². The number of nitrogens with one attached hydrogen (secondary N) is 2. The van der Waals surface area contributed by atoms with E-state index in [-0.39, 0.29) is 5.96 Å². The maximum atomic E-state index is 10.2. The number of carbonyl (C=O) groups is 1. The maximum absolute atomic E-state index is 10.2. The average molecular weight is 170 g/mol. The predicted molar refractivity (Wildman–Crippen MR) is 47.5 cm³/mol. The van der Waals surface area contributed by atoms with Gasteiger partial charge in [0.15, 0.2) is 5.96 Å². The Labute approximate surface area is 71.3 Å². The fourth-order valence-corrected chi connectivity index (χ4v) is 0.642. The molecule has 12 heavy (non-hydrogen) atoms. The van der Waals surface area contributed by atoms with Crippen LogP contribution < -0.4 is 16.8 Å². The Morgan fingerprint density at radius 3 is 2.67 bits per heavy atom. The summed E-state index contributed by atoms with van der Waals surface area (Å²) >= 11 is 0. The Bertz CT molecular complexity index is 188. The van der Waals surface area contributed by atoms with Crippen LogP contribution in [-0.2, 0) is 4.79 Å². The van der Waals surface area contributed by atoms with Crippen LogP contribution in [0.3, 0.4) is 0 Å². The molecule has 0 atom stereocenters. The molecule has 0 radical (unpaired) electrons. The van der Waals surface area contributed by atoms with E-state index in [1.54, 1.807) is 6.08 Å². The van der Waals surface area contributed by atoms with Gasteiger partial charge in [-0.05, 0) is 18.9 Å². The highest BCUT2D eigenvalue weighted by Crippen LogP contribution is 1.87. The molecule has 0 saturated heterocycles. The zero-order valence-electron chi connectivity index (χ0n) is 6.84. The minimum Gasteiger partial charge on any atom is -0.370 e. The van der Waals surface area contributed by atoms with E-state index in [1.165, 1.54) is 6.08 Å². The summed E-state index contributed by atoms with van der Waals surface area (Å²) in [5.41, 5.74) is 9.90. The van der Waals surface area contributed by atoms with E-state index in [9.17, 15) is 4.79 Å². The van der Waals surface area contributed by atoms with Crippen LogP contribution in [0.15, 0.2) is 12.2 Å². The maximum Gasteiger partial charge on any atom is 0.241 e. The van der Waals surface area contributed by atoms with Crippen molar-refractivity contribution in [1.29, 1.82) is 5.41 Å². The molecule has 0 aliphatic rings. The first-order chi connectivity index (χ1) is 5.63. The van der Waals surface area contributed by atoms with Gasteiger partial charge >= 0.3 is 0 Å². The standard InChI is InChI=1S/C7H14N4O/c8-6(12)4-2-1-3-5-11-7(9)10/h2,4H,1,3,5H2,(H2,8,12)(H4,9,10,11). The number of unbranched alkanes of at least 4 members (excludes halogenated alkanes) is 1. The van der Waals surface area contributed by atoms with Crippen LogP contribution in [-0.4, -0.2) is 18.4 Å². The van der Waals surface area contributed by atoms with Crippen molar-refractivity contribution < 1.29 is 4.79 Å². The molecule has 0 saturated carbocycles. The number of nitrogens with two attached hydrogens (primary N) is 2. The van der Waals surface area contributed by atoms with Gasteiger partial charge in [-0.15, -0.1) is 0 Å². The van der Waals surface area contributed by atoms with E-state index in [0.717, 1.165) is 12.8 Å². The lowest BCUT2D eigenvalue weighted by Gasteiger charge is -1.99. The van der Waals surface area contributed by atoms with Gasteiger partial charge in [0.1, 0.15) is 0 Å². The van der Waals surface area contributed by atoms with Gasteiger partial charge in [0.2, 0.25) is 5.91 Å². The van der Waals surface area contributed by atoms with Crippen molar-refractivity contribution in [3.05, 3.63) is 12.2 Å². The van der Waals surface area contributed by atoms with Gasteiger partial charge in [-0.25, -0.2) is 0 Å². The lowest BCUT2D eigenvalue weighted by Crippen LogP contribution is -2.30. The molecule has 0 aromatic rings. The van der Waals surface area contributed by atoms with E-state index in [0.29, 0.717) is 6.54 Å². The van der Waals surface area contributed by atoms with E-state index in [4.69, 9.17) is 16.9 Å². The van der Waals surface area contributed by atoms with Crippen molar-refractivity contribution in [3.63, 3.8) is 0 Å². The highest BCUT2D eigenvalue weighted by atomic mass is 16.1. The van der Waals surface area contributed by atoms with E-state index in [1.807, 2.05) is 0 Å². The molecular formula is C7H14N4O. The normalized spacial score (nSPS) is 10.0. The molecule has 68 valence electrons. The van der Waals surface area contributed by atoms with Gasteiger partial charge in [-0.3, -0.25) is 10.2 Å². The van der Waals surface area contributed by atoms with E-state index in [2.05, 4.69) is 5.32 Å². The second-order valence-electron chi connectivity index (χ2n) is 2.29. The predicted octanol–water partition coefficient (Wildman–Crippen LogP) is -0.709. The van der Waals surface area contributed by atoms with Crippen molar-refractivity contribution in [2.45, 2.75) is 12.8 Å². The molecule has 5 heteroatoms. The van der Waals surface area contributed by atoms with Crippen LogP contribution in [0.1, 0.15) is 12.8 Å². The van der Waals surface area contributed by atoms with Crippen molar-refractivity contribution in [2.24, 2.45) is 11.5 Å². The largest absolute Gasteiger partial charge is 0.370 e. The lowest BCUT2D eigenvalue weighted by molar-refractivity contribution is -0.113. The van der Waals surface area contributed by atoms with E-state index < -0.39 is 5.91 Å². The summed E-state index contributed by atoms with van der Waals surface area (Å²) in [5, 5.41) is 9.46. The number of carbonyl (C=O) groups excluding carboxylic acids is 1. The minimum atomic E-state index is -0.436. The first kappa shape index (κ1) is 10.5. The molecule has 0 aliphatic heterocycles. The Balaban J connectivity index is 3.21. The van der Waals surface area contributed by atoms with Crippen LogP contribution in [0.25, 0.3) is 0 Å². The van der Waals surface area contributed by atoms with Gasteiger partial charge in [-0.2, -0.15) is 0 Å². The third kappa shape index (κ3) is 8.48. The summed E-state index contributed by atoms with van der Waals surface area (Å²) in [7, 11) is 0. The number of primary amides is 1. The number of hydrogen-bond donors (Lipinski definition) is 4. The topological polar surface area (TPSA) is 105 Å². The lowest BCUT2D eigenvalue weighted by atomic mass is 10.3. The Hall–Kier alpha value is -1.52. The van der Waals surface area contributed by atoms with Crippen LogP contribution in [0.5, 0.6) is 0 Å². The van der Waals surface area contributed by atoms with Crippen molar-refractivity contribution >= 4 is 11.9 Å². The summed E-state index contributed by atoms with van der Waals surface area (Å²) in [6.45, 7) is 0.637. The first-order valence-corrected chi connectivity index (χ1v) is 3.67. The highest BCUT2D eigenvalue weighted by molar-refractivity contribution is 5.85. The fourth-order valence-electron chi connectivity index (χ4n) is 0.642. The smallest absolute Gasteiger partial charge is 0.241 e. The summed E-state index contributed by atoms with van der Waals surface area (Å²) in [6.07, 6.45) is 4.60. The second-order valence-corrected chi connectivity index (χ2v) is 2.29. The van der Waals surface area contributed by atoms with Gasteiger partial charge in [0.05, 0.1) is 0 Å². The monoisotopic (exact) mass is 170 g/mol. The number of rotatable bonds is 5. The van der Waals surface area contributed by atoms with Crippen molar-refractivity contribution in [3.8, 4) is 0 Å². The summed E-state index contributed by atoms with van der Waals surface area (Å²) in [4.78, 5) is 10.2. The quantitative estimate of drug-likeness (QED) is 0.189. The molecule has 6 N–H and O–H groups in total. The molecule has 0 bridgehead atoms. The third-order valence-corrected chi connectivity index (χ3v) is 1.15. The molecule has 0 heterocycles. The SMILES string of the molecule is N=C(N)NCCCC=CC(N)=O. The molecule has 0 aromatic carbocycles. The Kier molecular flexibility index (Phi) is 5.42. The molecule has 0 unspecified atom stereocenters. The molecule has 0 aromatic heterocycles. The van der Waals surface area contributed by atoms with Crippen LogP contribution in [0.4, 0.5) is 0 Å². The summed E-state index contributed by atoms with van der Waals surface area (Å²) in [6, 6.07) is 0. The average Bonchev–Trinajstić information content (AvgIpc) is 1.95. The molecule has 0 fully saturated rings. The summed E-state index contributed by atoms with van der Waals surface area (Å²) < 4.78 is 0. The fraction of sp³-hybridized carbons (Fsp3) is 0.429. The van der Waals surface area contributed by atoms with Gasteiger partial charge in [0, 0.05) is 6.54 Å². The zero-order valence-corrected chi connectivity index (χ0v) is 6.84. The number of hydrogen-bond acceptors (Lipinski definition) is 2. The number of amides is 1. The number of guanidine groups is 1. The van der Waals surface area contributed by atoms with Gasteiger partial charge in [-0.1, -0.05) is 6.08 Å². The number of allylic oxidation sites excluding steroid dienone is 1. The van der Waals surface area contributed by atoms with Crippen LogP contribution in [0, 0.1) is 5.41 Å². The Morgan fingerprint density at radius 2 is 2.17 bits per heavy atom. The molecule has 0 aliphatic carbocycles. The van der Waals surface area contributed by atoms with E-state index >= 15 is 0 Å².